The molecule has 3 atom stereocenters. The maximum Gasteiger partial charge on any atom is 0.338 e. The van der Waals surface area contributed by atoms with Crippen molar-refractivity contribution in [2.75, 3.05) is 18.4 Å². The third kappa shape index (κ3) is 5.77. The molecule has 2 aromatic rings. The smallest absolute Gasteiger partial charge is 0.338 e. The lowest BCUT2D eigenvalue weighted by molar-refractivity contribution is -0.123. The summed E-state index contributed by atoms with van der Waals surface area (Å²) in [5, 5.41) is 4.34. The van der Waals surface area contributed by atoms with E-state index in [9.17, 15) is 22.8 Å². The summed E-state index contributed by atoms with van der Waals surface area (Å²) < 4.78 is 38.2. The van der Waals surface area contributed by atoms with Gasteiger partial charge in [-0.3, -0.25) is 9.59 Å². The highest BCUT2D eigenvalue weighted by Gasteiger charge is 2.32. The van der Waals surface area contributed by atoms with E-state index in [-0.39, 0.29) is 46.3 Å². The zero-order valence-corrected chi connectivity index (χ0v) is 19.9. The molecule has 0 bridgehead atoms. The van der Waals surface area contributed by atoms with Crippen molar-refractivity contribution in [3.05, 3.63) is 46.8 Å². The van der Waals surface area contributed by atoms with Gasteiger partial charge in [0.25, 0.3) is 11.8 Å². The summed E-state index contributed by atoms with van der Waals surface area (Å²) in [4.78, 5) is 36.3. The Labute approximate surface area is 195 Å². The van der Waals surface area contributed by atoms with E-state index < -0.39 is 33.9 Å². The first-order valence-electron chi connectivity index (χ1n) is 10.1. The minimum atomic E-state index is -3.85. The van der Waals surface area contributed by atoms with Crippen LogP contribution in [-0.4, -0.2) is 61.9 Å². The van der Waals surface area contributed by atoms with Crippen LogP contribution in [0.5, 0.6) is 0 Å². The SMILES string of the molecule is C[C@@H]1CN(S(=O)(=O)c2cccc(C(=O)O[C@H](C)C(=O)Nc3sccc3C(N)=O)c2)C[C@H](C)O1. The van der Waals surface area contributed by atoms with Crippen molar-refractivity contribution in [1.82, 2.24) is 4.31 Å². The normalized spacial score (nSPS) is 20.1. The van der Waals surface area contributed by atoms with Crippen LogP contribution in [-0.2, 0) is 24.3 Å². The molecule has 1 fully saturated rings. The van der Waals surface area contributed by atoms with Crippen LogP contribution in [0.2, 0.25) is 0 Å². The summed E-state index contributed by atoms with van der Waals surface area (Å²) in [5.41, 5.74) is 5.39. The molecule has 0 unspecified atom stereocenters. The second-order valence-electron chi connectivity index (χ2n) is 7.67. The number of thiophene rings is 1. The Hall–Kier alpha value is -2.80. The van der Waals surface area contributed by atoms with E-state index >= 15 is 0 Å². The first kappa shape index (κ1) is 24.8. The summed E-state index contributed by atoms with van der Waals surface area (Å²) in [7, 11) is -3.85. The van der Waals surface area contributed by atoms with Gasteiger partial charge in [0.2, 0.25) is 10.0 Å². The van der Waals surface area contributed by atoms with Crippen LogP contribution in [0.1, 0.15) is 41.5 Å². The predicted octanol–water partition coefficient (Wildman–Crippen LogP) is 1.83. The van der Waals surface area contributed by atoms with Crippen LogP contribution in [0.25, 0.3) is 0 Å². The monoisotopic (exact) mass is 495 g/mol. The van der Waals surface area contributed by atoms with Gasteiger partial charge in [-0.25, -0.2) is 13.2 Å². The third-order valence-electron chi connectivity index (χ3n) is 4.91. The van der Waals surface area contributed by atoms with Crippen molar-refractivity contribution in [3.8, 4) is 0 Å². The minimum absolute atomic E-state index is 0.0148. The number of nitrogens with one attached hydrogen (secondary N) is 1. The zero-order valence-electron chi connectivity index (χ0n) is 18.3. The summed E-state index contributed by atoms with van der Waals surface area (Å²) in [5.74, 6) is -2.22. The van der Waals surface area contributed by atoms with E-state index in [1.54, 1.807) is 19.2 Å². The molecule has 33 heavy (non-hydrogen) atoms. The van der Waals surface area contributed by atoms with Gasteiger partial charge in [0.05, 0.1) is 28.2 Å². The molecule has 3 N–H and O–H groups in total. The average molecular weight is 496 g/mol. The Morgan fingerprint density at radius 1 is 1.21 bits per heavy atom. The fourth-order valence-corrected chi connectivity index (χ4v) is 5.79. The Morgan fingerprint density at radius 3 is 2.52 bits per heavy atom. The van der Waals surface area contributed by atoms with E-state index in [0.29, 0.717) is 0 Å². The zero-order chi connectivity index (χ0) is 24.3. The highest BCUT2D eigenvalue weighted by atomic mass is 32.2. The van der Waals surface area contributed by atoms with Crippen molar-refractivity contribution in [2.24, 2.45) is 5.73 Å². The molecule has 2 amide bonds. The third-order valence-corrected chi connectivity index (χ3v) is 7.57. The number of primary amides is 1. The van der Waals surface area contributed by atoms with Crippen molar-refractivity contribution in [3.63, 3.8) is 0 Å². The second kappa shape index (κ2) is 10.00. The van der Waals surface area contributed by atoms with Crippen LogP contribution >= 0.6 is 11.3 Å². The van der Waals surface area contributed by atoms with Gasteiger partial charge in [-0.1, -0.05) is 6.07 Å². The Bertz CT molecular complexity index is 1150. The number of rotatable bonds is 7. The lowest BCUT2D eigenvalue weighted by atomic mass is 10.2. The van der Waals surface area contributed by atoms with Crippen LogP contribution in [0.15, 0.2) is 40.6 Å². The average Bonchev–Trinajstić information content (AvgIpc) is 3.21. The number of esters is 1. The van der Waals surface area contributed by atoms with Gasteiger partial charge in [0.15, 0.2) is 6.10 Å². The van der Waals surface area contributed by atoms with Crippen LogP contribution in [0.3, 0.4) is 0 Å². The fourth-order valence-electron chi connectivity index (χ4n) is 3.36. The van der Waals surface area contributed by atoms with Gasteiger partial charge in [-0.15, -0.1) is 11.3 Å². The summed E-state index contributed by atoms with van der Waals surface area (Å²) in [6.45, 7) is 5.35. The maximum absolute atomic E-state index is 13.1. The maximum atomic E-state index is 13.1. The molecule has 1 aliphatic rings. The number of nitrogens with zero attached hydrogens (tertiary/aromatic N) is 1. The van der Waals surface area contributed by atoms with E-state index in [1.807, 2.05) is 0 Å². The molecule has 12 heteroatoms. The van der Waals surface area contributed by atoms with Gasteiger partial charge in [0, 0.05) is 13.1 Å². The number of carbonyl (C=O) groups is 3. The van der Waals surface area contributed by atoms with Gasteiger partial charge in [-0.2, -0.15) is 4.31 Å². The molecule has 1 aromatic carbocycles. The molecule has 0 radical (unpaired) electrons. The molecule has 10 nitrogen and oxygen atoms in total. The van der Waals surface area contributed by atoms with E-state index in [4.69, 9.17) is 15.2 Å². The first-order valence-corrected chi connectivity index (χ1v) is 12.5. The van der Waals surface area contributed by atoms with Gasteiger partial charge >= 0.3 is 5.97 Å². The van der Waals surface area contributed by atoms with Crippen molar-refractivity contribution >= 4 is 44.1 Å². The van der Waals surface area contributed by atoms with Gasteiger partial charge in [0.1, 0.15) is 5.00 Å². The number of amides is 2. The molecule has 1 aliphatic heterocycles. The van der Waals surface area contributed by atoms with Crippen LogP contribution in [0, 0.1) is 0 Å². The quantitative estimate of drug-likeness (QED) is 0.557. The van der Waals surface area contributed by atoms with Gasteiger partial charge < -0.3 is 20.5 Å². The molecule has 178 valence electrons. The molecule has 0 aliphatic carbocycles. The number of morpholine rings is 1. The molecule has 3 rings (SSSR count). The topological polar surface area (TPSA) is 145 Å². The fraction of sp³-hybridized carbons (Fsp3) is 0.381. The Kier molecular flexibility index (Phi) is 7.52. The van der Waals surface area contributed by atoms with Crippen molar-refractivity contribution in [2.45, 2.75) is 44.0 Å². The Morgan fingerprint density at radius 2 is 1.88 bits per heavy atom. The molecule has 1 aromatic heterocycles. The number of sulfonamides is 1. The highest BCUT2D eigenvalue weighted by Crippen LogP contribution is 2.24. The van der Waals surface area contributed by atoms with Crippen LogP contribution < -0.4 is 11.1 Å². The lowest BCUT2D eigenvalue weighted by Gasteiger charge is -2.34. The lowest BCUT2D eigenvalue weighted by Crippen LogP contribution is -2.48. The molecular weight excluding hydrogens is 470 g/mol. The molecular formula is C21H25N3O7S2. The molecule has 2 heterocycles. The number of carbonyl (C=O) groups excluding carboxylic acids is 3. The number of ether oxygens (including phenoxy) is 2. The minimum Gasteiger partial charge on any atom is -0.449 e. The van der Waals surface area contributed by atoms with Crippen LogP contribution in [0.4, 0.5) is 5.00 Å². The highest BCUT2D eigenvalue weighted by molar-refractivity contribution is 7.89. The standard InChI is InChI=1S/C21H25N3O7S2/c1-12-10-24(11-13(2)30-12)33(28,29)16-6-4-5-15(9-16)21(27)31-14(3)19(26)23-20-17(18(22)25)7-8-32-20/h4-9,12-14H,10-11H2,1-3H3,(H2,22,25)(H,23,26)/t12-,13+,14-/m1/s1. The number of anilines is 1. The molecule has 0 spiro atoms. The number of hydrogen-bond donors (Lipinski definition) is 2. The van der Waals surface area contributed by atoms with Gasteiger partial charge in [-0.05, 0) is 50.4 Å². The largest absolute Gasteiger partial charge is 0.449 e. The van der Waals surface area contributed by atoms with E-state index in [0.717, 1.165) is 11.3 Å². The predicted molar refractivity (Wildman–Crippen MR) is 122 cm³/mol. The van der Waals surface area contributed by atoms with E-state index in [1.165, 1.54) is 41.6 Å². The summed E-state index contributed by atoms with van der Waals surface area (Å²) in [6, 6.07) is 6.93. The second-order valence-corrected chi connectivity index (χ2v) is 10.5. The summed E-state index contributed by atoms with van der Waals surface area (Å²) >= 11 is 1.10. The number of nitrogens with two attached hydrogens (primary N) is 1. The van der Waals surface area contributed by atoms with E-state index in [2.05, 4.69) is 5.32 Å². The number of benzene rings is 1. The Balaban J connectivity index is 1.70. The first-order chi connectivity index (χ1) is 15.5. The number of hydrogen-bond acceptors (Lipinski definition) is 8. The van der Waals surface area contributed by atoms with Crippen molar-refractivity contribution in [1.29, 1.82) is 0 Å². The van der Waals surface area contributed by atoms with Crippen molar-refractivity contribution < 1.29 is 32.3 Å². The summed E-state index contributed by atoms with van der Waals surface area (Å²) in [6.07, 6.45) is -1.72. The molecule has 1 saturated heterocycles. The molecule has 0 saturated carbocycles.